The second-order valence-corrected chi connectivity index (χ2v) is 5.82. The van der Waals surface area contributed by atoms with Crippen molar-refractivity contribution in [1.29, 1.82) is 0 Å². The highest BCUT2D eigenvalue weighted by atomic mass is 32.2. The first-order chi connectivity index (χ1) is 7.40. The van der Waals surface area contributed by atoms with E-state index in [0.717, 1.165) is 31.5 Å². The zero-order chi connectivity index (χ0) is 10.5. The third-order valence-electron chi connectivity index (χ3n) is 3.64. The number of hydrogen-bond donors (Lipinski definition) is 2. The maximum atomic E-state index is 5.92. The molecule has 2 rings (SSSR count). The Morgan fingerprint density at radius 3 is 2.80 bits per heavy atom. The number of nitrogens with zero attached hydrogens (tertiary/aromatic N) is 1. The topological polar surface area (TPSA) is 41.3 Å². The SMILES string of the molecule is NCC(CN1CCNCC1)C1CCSC1. The van der Waals surface area contributed by atoms with Crippen LogP contribution in [0.1, 0.15) is 6.42 Å². The lowest BCUT2D eigenvalue weighted by atomic mass is 9.91. The predicted octanol–water partition coefficient (Wildman–Crippen LogP) is 0.220. The third kappa shape index (κ3) is 3.34. The third-order valence-corrected chi connectivity index (χ3v) is 4.82. The van der Waals surface area contributed by atoms with E-state index in [2.05, 4.69) is 22.0 Å². The summed E-state index contributed by atoms with van der Waals surface area (Å²) in [6.07, 6.45) is 1.39. The Hall–Kier alpha value is 0.230. The van der Waals surface area contributed by atoms with Crippen LogP contribution in [-0.2, 0) is 0 Å². The van der Waals surface area contributed by atoms with Gasteiger partial charge in [0.1, 0.15) is 0 Å². The van der Waals surface area contributed by atoms with Gasteiger partial charge in [0.05, 0.1) is 0 Å². The first kappa shape index (κ1) is 11.7. The van der Waals surface area contributed by atoms with E-state index in [1.807, 2.05) is 0 Å². The molecule has 0 radical (unpaired) electrons. The van der Waals surface area contributed by atoms with Crippen LogP contribution in [0.15, 0.2) is 0 Å². The minimum atomic E-state index is 0.734. The molecular formula is C11H23N3S. The van der Waals surface area contributed by atoms with Gasteiger partial charge in [-0.05, 0) is 36.3 Å². The monoisotopic (exact) mass is 229 g/mol. The molecule has 0 aromatic heterocycles. The Kier molecular flexibility index (Phi) is 4.75. The van der Waals surface area contributed by atoms with Crippen molar-refractivity contribution in [2.24, 2.45) is 17.6 Å². The molecular weight excluding hydrogens is 206 g/mol. The summed E-state index contributed by atoms with van der Waals surface area (Å²) in [6.45, 7) is 6.80. The number of thioether (sulfide) groups is 1. The summed E-state index contributed by atoms with van der Waals surface area (Å²) in [5.41, 5.74) is 5.92. The van der Waals surface area contributed by atoms with Gasteiger partial charge in [-0.2, -0.15) is 11.8 Å². The molecule has 0 aromatic rings. The number of rotatable bonds is 4. The molecule has 2 aliphatic heterocycles. The van der Waals surface area contributed by atoms with E-state index in [4.69, 9.17) is 5.73 Å². The van der Waals surface area contributed by atoms with E-state index in [1.165, 1.54) is 37.6 Å². The van der Waals surface area contributed by atoms with Crippen LogP contribution in [0.4, 0.5) is 0 Å². The fraction of sp³-hybridized carbons (Fsp3) is 1.00. The van der Waals surface area contributed by atoms with Crippen molar-refractivity contribution in [2.75, 3.05) is 50.8 Å². The highest BCUT2D eigenvalue weighted by molar-refractivity contribution is 7.99. The Morgan fingerprint density at radius 1 is 1.40 bits per heavy atom. The van der Waals surface area contributed by atoms with Crippen LogP contribution in [0.5, 0.6) is 0 Å². The lowest BCUT2D eigenvalue weighted by Crippen LogP contribution is -2.47. The van der Waals surface area contributed by atoms with E-state index >= 15 is 0 Å². The van der Waals surface area contributed by atoms with Gasteiger partial charge in [0.25, 0.3) is 0 Å². The summed E-state index contributed by atoms with van der Waals surface area (Å²) < 4.78 is 0. The van der Waals surface area contributed by atoms with Crippen LogP contribution in [0.25, 0.3) is 0 Å². The molecule has 2 saturated heterocycles. The Bertz CT molecular complexity index is 177. The van der Waals surface area contributed by atoms with E-state index in [9.17, 15) is 0 Å². The minimum absolute atomic E-state index is 0.734. The Labute approximate surface area is 97.1 Å². The molecule has 2 fully saturated rings. The van der Waals surface area contributed by atoms with Crippen LogP contribution in [-0.4, -0.2) is 55.7 Å². The molecule has 0 spiro atoms. The highest BCUT2D eigenvalue weighted by Gasteiger charge is 2.26. The van der Waals surface area contributed by atoms with Gasteiger partial charge < -0.3 is 16.0 Å². The van der Waals surface area contributed by atoms with Crippen molar-refractivity contribution < 1.29 is 0 Å². The van der Waals surface area contributed by atoms with Crippen LogP contribution in [0.3, 0.4) is 0 Å². The Balaban J connectivity index is 1.78. The van der Waals surface area contributed by atoms with Gasteiger partial charge in [0, 0.05) is 32.7 Å². The molecule has 0 bridgehead atoms. The van der Waals surface area contributed by atoms with Gasteiger partial charge in [-0.15, -0.1) is 0 Å². The number of nitrogens with two attached hydrogens (primary N) is 1. The van der Waals surface area contributed by atoms with Gasteiger partial charge in [-0.25, -0.2) is 0 Å². The van der Waals surface area contributed by atoms with Gasteiger partial charge in [0.15, 0.2) is 0 Å². The molecule has 0 aliphatic carbocycles. The molecule has 88 valence electrons. The first-order valence-corrected chi connectivity index (χ1v) is 7.26. The molecule has 3 nitrogen and oxygen atoms in total. The van der Waals surface area contributed by atoms with Crippen molar-refractivity contribution in [3.05, 3.63) is 0 Å². The largest absolute Gasteiger partial charge is 0.330 e. The molecule has 15 heavy (non-hydrogen) atoms. The van der Waals surface area contributed by atoms with E-state index in [-0.39, 0.29) is 0 Å². The zero-order valence-electron chi connectivity index (χ0n) is 9.45. The van der Waals surface area contributed by atoms with Crippen LogP contribution in [0, 0.1) is 11.8 Å². The zero-order valence-corrected chi connectivity index (χ0v) is 10.3. The van der Waals surface area contributed by atoms with Gasteiger partial charge >= 0.3 is 0 Å². The molecule has 2 aliphatic rings. The Morgan fingerprint density at radius 2 is 2.20 bits per heavy atom. The number of hydrogen-bond acceptors (Lipinski definition) is 4. The van der Waals surface area contributed by atoms with Gasteiger partial charge in [-0.3, -0.25) is 0 Å². The summed E-state index contributed by atoms with van der Waals surface area (Å²) in [6, 6.07) is 0. The van der Waals surface area contributed by atoms with Crippen molar-refractivity contribution in [1.82, 2.24) is 10.2 Å². The van der Waals surface area contributed by atoms with Gasteiger partial charge in [0.2, 0.25) is 0 Å². The van der Waals surface area contributed by atoms with Crippen molar-refractivity contribution >= 4 is 11.8 Å². The normalized spacial score (nSPS) is 30.6. The smallest absolute Gasteiger partial charge is 0.0107 e. The average molecular weight is 229 g/mol. The molecule has 2 unspecified atom stereocenters. The molecule has 2 heterocycles. The van der Waals surface area contributed by atoms with Crippen molar-refractivity contribution in [3.63, 3.8) is 0 Å². The molecule has 0 saturated carbocycles. The highest BCUT2D eigenvalue weighted by Crippen LogP contribution is 2.29. The lowest BCUT2D eigenvalue weighted by molar-refractivity contribution is 0.182. The molecule has 4 heteroatoms. The van der Waals surface area contributed by atoms with Crippen LogP contribution >= 0.6 is 11.8 Å². The fourth-order valence-corrected chi connectivity index (χ4v) is 3.94. The molecule has 3 N–H and O–H groups in total. The quantitative estimate of drug-likeness (QED) is 0.724. The number of nitrogens with one attached hydrogen (secondary N) is 1. The minimum Gasteiger partial charge on any atom is -0.330 e. The second kappa shape index (κ2) is 6.09. The lowest BCUT2D eigenvalue weighted by Gasteiger charge is -2.32. The van der Waals surface area contributed by atoms with Gasteiger partial charge in [-0.1, -0.05) is 0 Å². The van der Waals surface area contributed by atoms with E-state index in [0.29, 0.717) is 0 Å². The summed E-state index contributed by atoms with van der Waals surface area (Å²) in [7, 11) is 0. The van der Waals surface area contributed by atoms with E-state index < -0.39 is 0 Å². The maximum Gasteiger partial charge on any atom is 0.0107 e. The first-order valence-electron chi connectivity index (χ1n) is 6.11. The fourth-order valence-electron chi connectivity index (χ4n) is 2.57. The summed E-state index contributed by atoms with van der Waals surface area (Å²) in [4.78, 5) is 2.58. The van der Waals surface area contributed by atoms with Crippen LogP contribution in [0.2, 0.25) is 0 Å². The molecule has 0 aromatic carbocycles. The number of piperazine rings is 1. The molecule has 0 amide bonds. The standard InChI is InChI=1S/C11H23N3S/c12-7-11(10-1-6-15-9-10)8-14-4-2-13-3-5-14/h10-11,13H,1-9,12H2. The predicted molar refractivity (Wildman–Crippen MR) is 67.3 cm³/mol. The van der Waals surface area contributed by atoms with Crippen molar-refractivity contribution in [3.8, 4) is 0 Å². The summed E-state index contributed by atoms with van der Waals surface area (Å²) in [5.74, 6) is 4.31. The average Bonchev–Trinajstić information content (AvgIpc) is 2.81. The van der Waals surface area contributed by atoms with Crippen molar-refractivity contribution in [2.45, 2.75) is 6.42 Å². The molecule has 2 atom stereocenters. The van der Waals surface area contributed by atoms with E-state index in [1.54, 1.807) is 0 Å². The summed E-state index contributed by atoms with van der Waals surface area (Å²) in [5, 5.41) is 3.40. The maximum absolute atomic E-state index is 5.92. The summed E-state index contributed by atoms with van der Waals surface area (Å²) >= 11 is 2.10. The van der Waals surface area contributed by atoms with Crippen LogP contribution < -0.4 is 11.1 Å². The second-order valence-electron chi connectivity index (χ2n) is 4.67.